The van der Waals surface area contributed by atoms with Gasteiger partial charge in [-0.25, -0.2) is 0 Å². The lowest BCUT2D eigenvalue weighted by Crippen LogP contribution is -2.08. The molecule has 0 aromatic heterocycles. The third-order valence-corrected chi connectivity index (χ3v) is 2.93. The maximum Gasteiger partial charge on any atom is 0.419 e. The molecule has 20 heavy (non-hydrogen) atoms. The van der Waals surface area contributed by atoms with Gasteiger partial charge in [0.05, 0.1) is 5.56 Å². The minimum Gasteiger partial charge on any atom is -0.488 e. The first-order valence-electron chi connectivity index (χ1n) is 6.02. The first-order valence-corrected chi connectivity index (χ1v) is 6.02. The van der Waals surface area contributed by atoms with Crippen LogP contribution in [0.3, 0.4) is 0 Å². The Bertz CT molecular complexity index is 608. The number of hydrogen-bond donors (Lipinski definition) is 1. The second-order valence-electron chi connectivity index (χ2n) is 4.47. The first kappa shape index (κ1) is 14.2. The summed E-state index contributed by atoms with van der Waals surface area (Å²) < 4.78 is 43.6. The van der Waals surface area contributed by atoms with Gasteiger partial charge in [-0.15, -0.1) is 0 Å². The van der Waals surface area contributed by atoms with Crippen LogP contribution in [0.25, 0.3) is 0 Å². The molecule has 2 rings (SSSR count). The van der Waals surface area contributed by atoms with Gasteiger partial charge in [0.15, 0.2) is 0 Å². The standard InChI is InChI=1S/C15H14F3NO/c1-10-6-7-11(8-13(10)19)9-20-14-5-3-2-4-12(14)15(16,17)18/h2-8H,9,19H2,1H3. The van der Waals surface area contributed by atoms with Gasteiger partial charge in [0, 0.05) is 5.69 Å². The molecule has 0 unspecified atom stereocenters. The van der Waals surface area contributed by atoms with Crippen LogP contribution in [-0.2, 0) is 12.8 Å². The van der Waals surface area contributed by atoms with Crippen molar-refractivity contribution in [3.63, 3.8) is 0 Å². The van der Waals surface area contributed by atoms with Crippen molar-refractivity contribution in [1.82, 2.24) is 0 Å². The van der Waals surface area contributed by atoms with Crippen LogP contribution in [0.4, 0.5) is 18.9 Å². The van der Waals surface area contributed by atoms with Gasteiger partial charge in [0.25, 0.3) is 0 Å². The number of benzene rings is 2. The van der Waals surface area contributed by atoms with Gasteiger partial charge in [-0.1, -0.05) is 24.3 Å². The van der Waals surface area contributed by atoms with Crippen molar-refractivity contribution in [1.29, 1.82) is 0 Å². The van der Waals surface area contributed by atoms with E-state index in [2.05, 4.69) is 0 Å². The normalized spacial score (nSPS) is 11.4. The molecule has 0 saturated carbocycles. The lowest BCUT2D eigenvalue weighted by molar-refractivity contribution is -0.139. The third-order valence-electron chi connectivity index (χ3n) is 2.93. The molecule has 2 nitrogen and oxygen atoms in total. The van der Waals surface area contributed by atoms with Crippen LogP contribution in [-0.4, -0.2) is 0 Å². The number of para-hydroxylation sites is 1. The number of alkyl halides is 3. The van der Waals surface area contributed by atoms with Crippen LogP contribution in [0, 0.1) is 6.92 Å². The Labute approximate surface area is 115 Å². The highest BCUT2D eigenvalue weighted by Gasteiger charge is 2.33. The van der Waals surface area contributed by atoms with E-state index in [4.69, 9.17) is 10.5 Å². The zero-order valence-corrected chi connectivity index (χ0v) is 10.9. The Kier molecular flexibility index (Phi) is 3.88. The fourth-order valence-electron chi connectivity index (χ4n) is 1.77. The van der Waals surface area contributed by atoms with Gasteiger partial charge in [-0.3, -0.25) is 0 Å². The molecule has 0 spiro atoms. The van der Waals surface area contributed by atoms with E-state index in [0.29, 0.717) is 5.69 Å². The van der Waals surface area contributed by atoms with Gasteiger partial charge in [0.1, 0.15) is 12.4 Å². The maximum absolute atomic E-state index is 12.8. The summed E-state index contributed by atoms with van der Waals surface area (Å²) in [4.78, 5) is 0. The number of aryl methyl sites for hydroxylation is 1. The summed E-state index contributed by atoms with van der Waals surface area (Å²) >= 11 is 0. The number of rotatable bonds is 3. The van der Waals surface area contributed by atoms with Crippen molar-refractivity contribution in [2.45, 2.75) is 19.7 Å². The highest BCUT2D eigenvalue weighted by molar-refractivity contribution is 5.48. The monoisotopic (exact) mass is 281 g/mol. The van der Waals surface area contributed by atoms with E-state index in [-0.39, 0.29) is 12.4 Å². The Morgan fingerprint density at radius 1 is 1.10 bits per heavy atom. The molecule has 0 fully saturated rings. The molecule has 106 valence electrons. The van der Waals surface area contributed by atoms with Crippen molar-refractivity contribution >= 4 is 5.69 Å². The van der Waals surface area contributed by atoms with Crippen LogP contribution in [0.5, 0.6) is 5.75 Å². The molecule has 2 aromatic rings. The second kappa shape index (κ2) is 5.45. The van der Waals surface area contributed by atoms with Gasteiger partial charge in [0.2, 0.25) is 0 Å². The summed E-state index contributed by atoms with van der Waals surface area (Å²) in [6.45, 7) is 1.90. The van der Waals surface area contributed by atoms with Crippen molar-refractivity contribution < 1.29 is 17.9 Å². The van der Waals surface area contributed by atoms with E-state index in [1.807, 2.05) is 13.0 Å². The molecular weight excluding hydrogens is 267 g/mol. The van der Waals surface area contributed by atoms with Gasteiger partial charge < -0.3 is 10.5 Å². The van der Waals surface area contributed by atoms with E-state index in [9.17, 15) is 13.2 Å². The summed E-state index contributed by atoms with van der Waals surface area (Å²) in [5.41, 5.74) is 7.22. The van der Waals surface area contributed by atoms with E-state index in [1.54, 1.807) is 12.1 Å². The number of halogens is 3. The molecule has 0 bridgehead atoms. The van der Waals surface area contributed by atoms with Crippen LogP contribution >= 0.6 is 0 Å². The highest BCUT2D eigenvalue weighted by atomic mass is 19.4. The molecule has 0 amide bonds. The number of ether oxygens (including phenoxy) is 1. The van der Waals surface area contributed by atoms with E-state index in [0.717, 1.165) is 17.2 Å². The first-order chi connectivity index (χ1) is 9.38. The Morgan fingerprint density at radius 2 is 1.80 bits per heavy atom. The van der Waals surface area contributed by atoms with Gasteiger partial charge in [-0.2, -0.15) is 13.2 Å². The molecule has 0 atom stereocenters. The number of nitrogen functional groups attached to an aromatic ring is 1. The Morgan fingerprint density at radius 3 is 2.45 bits per heavy atom. The van der Waals surface area contributed by atoms with E-state index < -0.39 is 11.7 Å². The van der Waals surface area contributed by atoms with E-state index in [1.165, 1.54) is 18.2 Å². The van der Waals surface area contributed by atoms with Crippen LogP contribution in [0.2, 0.25) is 0 Å². The fourth-order valence-corrected chi connectivity index (χ4v) is 1.77. The van der Waals surface area contributed by atoms with Crippen molar-refractivity contribution in [2.24, 2.45) is 0 Å². The van der Waals surface area contributed by atoms with E-state index >= 15 is 0 Å². The fraction of sp³-hybridized carbons (Fsp3) is 0.200. The quantitative estimate of drug-likeness (QED) is 0.857. The molecule has 0 aliphatic rings. The average Bonchev–Trinajstić information content (AvgIpc) is 2.39. The van der Waals surface area contributed by atoms with Crippen LogP contribution < -0.4 is 10.5 Å². The van der Waals surface area contributed by atoms with Crippen LogP contribution in [0.1, 0.15) is 16.7 Å². The van der Waals surface area contributed by atoms with Crippen molar-refractivity contribution in [3.05, 3.63) is 59.2 Å². The number of hydrogen-bond acceptors (Lipinski definition) is 2. The Hall–Kier alpha value is -2.17. The smallest absolute Gasteiger partial charge is 0.419 e. The SMILES string of the molecule is Cc1ccc(COc2ccccc2C(F)(F)F)cc1N. The third kappa shape index (κ3) is 3.23. The molecule has 0 heterocycles. The molecule has 0 radical (unpaired) electrons. The largest absolute Gasteiger partial charge is 0.488 e. The Balaban J connectivity index is 2.17. The minimum absolute atomic E-state index is 0.0393. The number of nitrogens with two attached hydrogens (primary N) is 1. The lowest BCUT2D eigenvalue weighted by atomic mass is 10.1. The molecule has 0 saturated heterocycles. The van der Waals surface area contributed by atoms with Crippen molar-refractivity contribution in [2.75, 3.05) is 5.73 Å². The molecule has 2 aromatic carbocycles. The van der Waals surface area contributed by atoms with Gasteiger partial charge in [-0.05, 0) is 36.2 Å². The highest BCUT2D eigenvalue weighted by Crippen LogP contribution is 2.36. The summed E-state index contributed by atoms with van der Waals surface area (Å²) in [7, 11) is 0. The summed E-state index contributed by atoms with van der Waals surface area (Å²) in [5, 5.41) is 0. The molecule has 2 N–H and O–H groups in total. The average molecular weight is 281 g/mol. The molecule has 0 aliphatic carbocycles. The zero-order chi connectivity index (χ0) is 14.8. The summed E-state index contributed by atoms with van der Waals surface area (Å²) in [6.07, 6.45) is -4.43. The number of anilines is 1. The summed E-state index contributed by atoms with van der Waals surface area (Å²) in [6, 6.07) is 10.4. The van der Waals surface area contributed by atoms with Gasteiger partial charge >= 0.3 is 6.18 Å². The lowest BCUT2D eigenvalue weighted by Gasteiger charge is -2.14. The zero-order valence-electron chi connectivity index (χ0n) is 10.9. The predicted molar refractivity (Wildman–Crippen MR) is 71.4 cm³/mol. The van der Waals surface area contributed by atoms with Crippen LogP contribution in [0.15, 0.2) is 42.5 Å². The minimum atomic E-state index is -4.43. The predicted octanol–water partition coefficient (Wildman–Crippen LogP) is 4.18. The topological polar surface area (TPSA) is 35.2 Å². The molecule has 5 heteroatoms. The van der Waals surface area contributed by atoms with Crippen molar-refractivity contribution in [3.8, 4) is 5.75 Å². The molecular formula is C15H14F3NO. The summed E-state index contributed by atoms with van der Waals surface area (Å²) in [5.74, 6) is -0.181. The molecule has 0 aliphatic heterocycles. The maximum atomic E-state index is 12.8. The second-order valence-corrected chi connectivity index (χ2v) is 4.47.